The predicted molar refractivity (Wildman–Crippen MR) is 147 cm³/mol. The maximum atomic E-state index is 13.1. The standard InChI is InChI=1S/C28H38N4O4S/c1-28(2,21-36-4)31-19-17-30(18-20-31)25-9-5-22(6-10-25)23-7-11-26(12-8-23)37(34,35)32-15-13-24(14-16-32)27(33)29-3/h5-13H,14-21H2,1-4H3,(H,29,33). The van der Waals surface area contributed by atoms with Gasteiger partial charge in [-0.05, 0) is 55.7 Å². The smallest absolute Gasteiger partial charge is 0.246 e. The van der Waals surface area contributed by atoms with Gasteiger partial charge in [0.25, 0.3) is 0 Å². The van der Waals surface area contributed by atoms with Crippen LogP contribution in [0.2, 0.25) is 0 Å². The van der Waals surface area contributed by atoms with Crippen LogP contribution < -0.4 is 10.2 Å². The molecule has 1 saturated heterocycles. The van der Waals surface area contributed by atoms with Crippen LogP contribution in [0.3, 0.4) is 0 Å². The summed E-state index contributed by atoms with van der Waals surface area (Å²) in [6.07, 6.45) is 2.10. The average Bonchev–Trinajstić information content (AvgIpc) is 2.93. The molecule has 0 unspecified atom stereocenters. The Kier molecular flexibility index (Phi) is 8.38. The summed E-state index contributed by atoms with van der Waals surface area (Å²) in [4.78, 5) is 16.9. The highest BCUT2D eigenvalue weighted by molar-refractivity contribution is 7.89. The van der Waals surface area contributed by atoms with Crippen LogP contribution in [0.4, 0.5) is 5.69 Å². The van der Waals surface area contributed by atoms with Gasteiger partial charge >= 0.3 is 0 Å². The van der Waals surface area contributed by atoms with Crippen LogP contribution >= 0.6 is 0 Å². The molecule has 200 valence electrons. The molecule has 1 N–H and O–H groups in total. The first kappa shape index (κ1) is 27.3. The number of piperazine rings is 1. The van der Waals surface area contributed by atoms with Crippen LogP contribution in [-0.2, 0) is 19.6 Å². The lowest BCUT2D eigenvalue weighted by atomic mass is 10.0. The minimum Gasteiger partial charge on any atom is -0.383 e. The number of nitrogens with zero attached hydrogens (tertiary/aromatic N) is 3. The zero-order valence-corrected chi connectivity index (χ0v) is 23.1. The van der Waals surface area contributed by atoms with E-state index in [9.17, 15) is 13.2 Å². The van der Waals surface area contributed by atoms with E-state index in [1.807, 2.05) is 12.1 Å². The molecule has 1 fully saturated rings. The summed E-state index contributed by atoms with van der Waals surface area (Å²) in [6, 6.07) is 15.5. The van der Waals surface area contributed by atoms with E-state index in [0.717, 1.165) is 43.9 Å². The fourth-order valence-corrected chi connectivity index (χ4v) is 6.46. The molecule has 4 rings (SSSR count). The number of carbonyl (C=O) groups is 1. The molecule has 9 heteroatoms. The van der Waals surface area contributed by atoms with Gasteiger partial charge in [-0.15, -0.1) is 0 Å². The summed E-state index contributed by atoms with van der Waals surface area (Å²) >= 11 is 0. The Balaban J connectivity index is 1.39. The van der Waals surface area contributed by atoms with E-state index in [2.05, 4.69) is 53.2 Å². The van der Waals surface area contributed by atoms with Gasteiger partial charge in [0.2, 0.25) is 15.9 Å². The first-order valence-corrected chi connectivity index (χ1v) is 14.2. The maximum Gasteiger partial charge on any atom is 0.246 e. The Hall–Kier alpha value is -2.72. The second-order valence-corrected chi connectivity index (χ2v) is 12.2. The van der Waals surface area contributed by atoms with Crippen molar-refractivity contribution in [3.63, 3.8) is 0 Å². The van der Waals surface area contributed by atoms with Gasteiger partial charge in [0.05, 0.1) is 11.5 Å². The molecule has 1 amide bonds. The molecular weight excluding hydrogens is 488 g/mol. The largest absolute Gasteiger partial charge is 0.383 e. The van der Waals surface area contributed by atoms with Crippen molar-refractivity contribution in [1.29, 1.82) is 0 Å². The quantitative estimate of drug-likeness (QED) is 0.570. The second kappa shape index (κ2) is 11.3. The number of sulfonamides is 1. The highest BCUT2D eigenvalue weighted by Crippen LogP contribution is 2.28. The van der Waals surface area contributed by atoms with Gasteiger partial charge in [-0.1, -0.05) is 30.3 Å². The first-order valence-electron chi connectivity index (χ1n) is 12.8. The van der Waals surface area contributed by atoms with Crippen molar-refractivity contribution in [2.75, 3.05) is 64.9 Å². The summed E-state index contributed by atoms with van der Waals surface area (Å²) in [6.45, 7) is 9.59. The van der Waals surface area contributed by atoms with Crippen molar-refractivity contribution in [1.82, 2.24) is 14.5 Å². The van der Waals surface area contributed by atoms with Crippen molar-refractivity contribution in [2.45, 2.75) is 30.7 Å². The highest BCUT2D eigenvalue weighted by atomic mass is 32.2. The number of hydrogen-bond acceptors (Lipinski definition) is 6. The summed E-state index contributed by atoms with van der Waals surface area (Å²) in [5.74, 6) is -0.152. The number of ether oxygens (including phenoxy) is 1. The van der Waals surface area contributed by atoms with Gasteiger partial charge in [0.1, 0.15) is 0 Å². The number of anilines is 1. The summed E-state index contributed by atoms with van der Waals surface area (Å²) in [5, 5.41) is 2.59. The molecule has 0 aliphatic carbocycles. The normalized spacial score (nSPS) is 17.9. The van der Waals surface area contributed by atoms with Crippen LogP contribution in [0.15, 0.2) is 65.1 Å². The zero-order chi connectivity index (χ0) is 26.6. The SMILES string of the molecule is CNC(=O)C1=CCN(S(=O)(=O)c2ccc(-c3ccc(N4CCN(C(C)(C)COC)CC4)cc3)cc2)CC1. The van der Waals surface area contributed by atoms with Gasteiger partial charge in [0.15, 0.2) is 0 Å². The van der Waals surface area contributed by atoms with Crippen molar-refractivity contribution >= 4 is 21.6 Å². The Morgan fingerprint density at radius 3 is 2.05 bits per heavy atom. The lowest BCUT2D eigenvalue weighted by Gasteiger charge is -2.44. The van der Waals surface area contributed by atoms with E-state index in [1.54, 1.807) is 32.4 Å². The van der Waals surface area contributed by atoms with Crippen LogP contribution in [0.25, 0.3) is 11.1 Å². The van der Waals surface area contributed by atoms with E-state index in [0.29, 0.717) is 18.5 Å². The molecule has 0 radical (unpaired) electrons. The fraction of sp³-hybridized carbons (Fsp3) is 0.464. The van der Waals surface area contributed by atoms with Gasteiger partial charge < -0.3 is 15.0 Å². The van der Waals surface area contributed by atoms with Gasteiger partial charge in [-0.25, -0.2) is 8.42 Å². The van der Waals surface area contributed by atoms with Crippen molar-refractivity contribution in [3.05, 3.63) is 60.2 Å². The van der Waals surface area contributed by atoms with Crippen LogP contribution in [0.1, 0.15) is 20.3 Å². The molecular formula is C28H38N4O4S. The van der Waals surface area contributed by atoms with E-state index in [1.165, 1.54) is 9.99 Å². The van der Waals surface area contributed by atoms with E-state index >= 15 is 0 Å². The summed E-state index contributed by atoms with van der Waals surface area (Å²) in [5.41, 5.74) is 3.87. The highest BCUT2D eigenvalue weighted by Gasteiger charge is 2.30. The zero-order valence-electron chi connectivity index (χ0n) is 22.2. The van der Waals surface area contributed by atoms with Gasteiger partial charge in [0, 0.05) is 70.2 Å². The van der Waals surface area contributed by atoms with Crippen molar-refractivity contribution in [2.24, 2.45) is 0 Å². The molecule has 0 atom stereocenters. The fourth-order valence-electron chi connectivity index (χ4n) is 5.08. The molecule has 2 aliphatic heterocycles. The summed E-state index contributed by atoms with van der Waals surface area (Å²) in [7, 11) is -0.288. The second-order valence-electron chi connectivity index (χ2n) is 10.2. The number of methoxy groups -OCH3 is 1. The average molecular weight is 527 g/mol. The molecule has 37 heavy (non-hydrogen) atoms. The minimum atomic E-state index is -3.62. The Morgan fingerprint density at radius 1 is 0.946 bits per heavy atom. The molecule has 2 aromatic carbocycles. The van der Waals surface area contributed by atoms with Gasteiger partial charge in [-0.3, -0.25) is 9.69 Å². The summed E-state index contributed by atoms with van der Waals surface area (Å²) < 4.78 is 33.0. The Labute approximate surface area is 220 Å². The van der Waals surface area contributed by atoms with Crippen LogP contribution in [0, 0.1) is 0 Å². The first-order chi connectivity index (χ1) is 17.7. The van der Waals surface area contributed by atoms with Gasteiger partial charge in [-0.2, -0.15) is 4.31 Å². The third kappa shape index (κ3) is 6.06. The van der Waals surface area contributed by atoms with Crippen molar-refractivity contribution in [3.8, 4) is 11.1 Å². The van der Waals surface area contributed by atoms with Crippen LogP contribution in [0.5, 0.6) is 0 Å². The molecule has 2 aliphatic rings. The van der Waals surface area contributed by atoms with Crippen molar-refractivity contribution < 1.29 is 17.9 Å². The molecule has 0 aromatic heterocycles. The molecule has 2 aromatic rings. The lowest BCUT2D eigenvalue weighted by Crippen LogP contribution is -2.56. The van der Waals surface area contributed by atoms with E-state index in [-0.39, 0.29) is 22.9 Å². The molecule has 0 spiro atoms. The Bertz CT molecular complexity index is 1220. The molecule has 0 bridgehead atoms. The van der Waals surface area contributed by atoms with Crippen LogP contribution in [-0.4, -0.2) is 89.1 Å². The predicted octanol–water partition coefficient (Wildman–Crippen LogP) is 2.97. The van der Waals surface area contributed by atoms with E-state index in [4.69, 9.17) is 4.74 Å². The number of carbonyl (C=O) groups excluding carboxylic acids is 1. The molecule has 8 nitrogen and oxygen atoms in total. The minimum absolute atomic E-state index is 0.0313. The molecule has 0 saturated carbocycles. The Morgan fingerprint density at radius 2 is 1.54 bits per heavy atom. The topological polar surface area (TPSA) is 82.2 Å². The van der Waals surface area contributed by atoms with E-state index < -0.39 is 10.0 Å². The number of nitrogens with one attached hydrogen (secondary N) is 1. The number of hydrogen-bond donors (Lipinski definition) is 1. The maximum absolute atomic E-state index is 13.1. The number of likely N-dealkylation sites (N-methyl/N-ethyl adjacent to an activating group) is 1. The monoisotopic (exact) mass is 526 g/mol. The number of benzene rings is 2. The third-order valence-corrected chi connectivity index (χ3v) is 9.26. The number of rotatable bonds is 8. The molecule has 2 heterocycles. The third-order valence-electron chi connectivity index (χ3n) is 7.38. The number of amides is 1. The lowest BCUT2D eigenvalue weighted by molar-refractivity contribution is -0.117.